The summed E-state index contributed by atoms with van der Waals surface area (Å²) in [6, 6.07) is 4.87. The summed E-state index contributed by atoms with van der Waals surface area (Å²) in [5.74, 6) is -4.32. The second kappa shape index (κ2) is 9.75. The molecule has 0 aliphatic heterocycles. The van der Waals surface area contributed by atoms with E-state index in [4.69, 9.17) is 4.74 Å². The van der Waals surface area contributed by atoms with E-state index in [1.807, 2.05) is 0 Å². The average Bonchev–Trinajstić information content (AvgIpc) is 2.64. The molecule has 0 aliphatic rings. The Kier molecular flexibility index (Phi) is 7.78. The lowest BCUT2D eigenvalue weighted by Crippen LogP contribution is -2.27. The molecule has 8 nitrogen and oxygen atoms in total. The van der Waals surface area contributed by atoms with Gasteiger partial charge in [-0.2, -0.15) is 0 Å². The summed E-state index contributed by atoms with van der Waals surface area (Å²) in [5, 5.41) is 22.6. The number of halogens is 4. The summed E-state index contributed by atoms with van der Waals surface area (Å²) in [6.07, 6.45) is -5.13. The van der Waals surface area contributed by atoms with Gasteiger partial charge in [-0.05, 0) is 30.3 Å². The minimum Gasteiger partial charge on any atom is -0.507 e. The minimum atomic E-state index is -5.13. The molecule has 31 heavy (non-hydrogen) atoms. The van der Waals surface area contributed by atoms with Crippen LogP contribution in [0.4, 0.5) is 13.2 Å². The number of hydrogen-bond donors (Lipinski definition) is 3. The molecule has 0 atom stereocenters. The predicted molar refractivity (Wildman–Crippen MR) is 106 cm³/mol. The highest BCUT2D eigenvalue weighted by Gasteiger charge is 2.33. The Morgan fingerprint density at radius 1 is 1.19 bits per heavy atom. The highest BCUT2D eigenvalue weighted by Crippen LogP contribution is 2.35. The zero-order valence-corrected chi connectivity index (χ0v) is 18.3. The van der Waals surface area contributed by atoms with E-state index in [1.54, 1.807) is 0 Å². The van der Waals surface area contributed by atoms with Crippen molar-refractivity contribution in [3.05, 3.63) is 45.9 Å². The number of rotatable bonds is 8. The molecule has 0 aromatic heterocycles. The zero-order chi connectivity index (χ0) is 23.4. The number of ether oxygens (including phenoxy) is 2. The average molecular weight is 528 g/mol. The van der Waals surface area contributed by atoms with Gasteiger partial charge in [0.25, 0.3) is 5.91 Å². The lowest BCUT2D eigenvalue weighted by molar-refractivity contribution is -0.274. The topological polar surface area (TPSA) is 122 Å². The van der Waals surface area contributed by atoms with Crippen molar-refractivity contribution in [3.8, 4) is 17.2 Å². The van der Waals surface area contributed by atoms with Crippen molar-refractivity contribution in [2.75, 3.05) is 20.3 Å². The summed E-state index contributed by atoms with van der Waals surface area (Å²) in [7, 11) is -2.98. The standard InChI is InChI=1S/C18H17BrF3NO7S/c1-29-5-4-23-17(26)13-8-12(30-18(20,21)22)6-10(16(13)25)9-31(27,28)15-7-11(19)2-3-14(15)24/h2-3,6-8,24-25H,4-5,9H2,1H3,(H,23,26). The quantitative estimate of drug-likeness (QED) is 0.451. The van der Waals surface area contributed by atoms with Crippen molar-refractivity contribution in [2.45, 2.75) is 17.0 Å². The number of benzene rings is 2. The predicted octanol–water partition coefficient (Wildman–Crippen LogP) is 3.11. The van der Waals surface area contributed by atoms with Crippen molar-refractivity contribution >= 4 is 31.7 Å². The van der Waals surface area contributed by atoms with Crippen LogP contribution in [0.25, 0.3) is 0 Å². The van der Waals surface area contributed by atoms with Crippen LogP contribution in [-0.2, 0) is 20.3 Å². The highest BCUT2D eigenvalue weighted by molar-refractivity contribution is 9.10. The van der Waals surface area contributed by atoms with Gasteiger partial charge in [-0.25, -0.2) is 8.42 Å². The third kappa shape index (κ3) is 6.74. The van der Waals surface area contributed by atoms with Gasteiger partial charge in [0.05, 0.1) is 17.9 Å². The van der Waals surface area contributed by atoms with Crippen LogP contribution in [0.15, 0.2) is 39.7 Å². The summed E-state index contributed by atoms with van der Waals surface area (Å²) < 4.78 is 72.5. The van der Waals surface area contributed by atoms with E-state index in [1.165, 1.54) is 13.2 Å². The van der Waals surface area contributed by atoms with Gasteiger partial charge in [0.15, 0.2) is 9.84 Å². The van der Waals surface area contributed by atoms with Crippen LogP contribution in [0.5, 0.6) is 17.2 Å². The summed E-state index contributed by atoms with van der Waals surface area (Å²) in [5.41, 5.74) is -1.15. The van der Waals surface area contributed by atoms with Crippen LogP contribution >= 0.6 is 15.9 Å². The van der Waals surface area contributed by atoms with Gasteiger partial charge in [0.2, 0.25) is 0 Å². The lowest BCUT2D eigenvalue weighted by atomic mass is 10.1. The molecule has 0 saturated heterocycles. The number of methoxy groups -OCH3 is 1. The van der Waals surface area contributed by atoms with Crippen LogP contribution in [0.1, 0.15) is 15.9 Å². The fourth-order valence-electron chi connectivity index (χ4n) is 2.52. The van der Waals surface area contributed by atoms with Gasteiger partial charge in [-0.15, -0.1) is 13.2 Å². The lowest BCUT2D eigenvalue weighted by Gasteiger charge is -2.15. The van der Waals surface area contributed by atoms with E-state index in [-0.39, 0.29) is 13.2 Å². The van der Waals surface area contributed by atoms with Crippen LogP contribution in [0.3, 0.4) is 0 Å². The Morgan fingerprint density at radius 2 is 1.87 bits per heavy atom. The Bertz CT molecular complexity index is 1070. The SMILES string of the molecule is COCCNC(=O)c1cc(OC(F)(F)F)cc(CS(=O)(=O)c2cc(Br)ccc2O)c1O. The van der Waals surface area contributed by atoms with Crippen LogP contribution < -0.4 is 10.1 Å². The summed E-state index contributed by atoms with van der Waals surface area (Å²) in [4.78, 5) is 11.8. The van der Waals surface area contributed by atoms with Gasteiger partial charge in [0, 0.05) is 23.7 Å². The van der Waals surface area contributed by atoms with Crippen LogP contribution in [0.2, 0.25) is 0 Å². The second-order valence-corrected chi connectivity index (χ2v) is 9.02. The smallest absolute Gasteiger partial charge is 0.507 e. The molecule has 0 radical (unpaired) electrons. The third-order valence-corrected chi connectivity index (χ3v) is 6.02. The fraction of sp³-hybridized carbons (Fsp3) is 0.278. The number of sulfone groups is 1. The molecule has 0 fully saturated rings. The number of nitrogens with one attached hydrogen (secondary N) is 1. The van der Waals surface area contributed by atoms with E-state index >= 15 is 0 Å². The van der Waals surface area contributed by atoms with E-state index < -0.39 is 61.1 Å². The summed E-state index contributed by atoms with van der Waals surface area (Å²) in [6.45, 7) is 0.0767. The first-order valence-electron chi connectivity index (χ1n) is 8.44. The largest absolute Gasteiger partial charge is 0.573 e. The fourth-order valence-corrected chi connectivity index (χ4v) is 4.51. The molecule has 3 N–H and O–H groups in total. The van der Waals surface area contributed by atoms with E-state index in [0.717, 1.165) is 12.1 Å². The maximum atomic E-state index is 12.7. The molecule has 0 heterocycles. The molecule has 0 saturated carbocycles. The van der Waals surface area contributed by atoms with Gasteiger partial charge < -0.3 is 25.0 Å². The molecule has 1 amide bonds. The molecule has 0 unspecified atom stereocenters. The Hall–Kier alpha value is -2.51. The number of alkyl halides is 3. The molecule has 0 spiro atoms. The number of phenols is 2. The normalized spacial score (nSPS) is 11.9. The molecular weight excluding hydrogens is 511 g/mol. The molecule has 13 heteroatoms. The molecule has 2 aromatic rings. The Morgan fingerprint density at radius 3 is 2.48 bits per heavy atom. The van der Waals surface area contributed by atoms with Crippen molar-refractivity contribution in [1.29, 1.82) is 0 Å². The number of amides is 1. The number of phenolic OH excluding ortho intramolecular Hbond substituents is 2. The second-order valence-electron chi connectivity index (χ2n) is 6.15. The van der Waals surface area contributed by atoms with E-state index in [9.17, 15) is 36.6 Å². The van der Waals surface area contributed by atoms with E-state index in [2.05, 4.69) is 26.0 Å². The van der Waals surface area contributed by atoms with Gasteiger partial charge in [0.1, 0.15) is 22.1 Å². The van der Waals surface area contributed by atoms with Crippen LogP contribution in [-0.4, -0.2) is 51.2 Å². The van der Waals surface area contributed by atoms with Gasteiger partial charge in [-0.3, -0.25) is 4.79 Å². The molecule has 0 aliphatic carbocycles. The number of carbonyl (C=O) groups is 1. The maximum absolute atomic E-state index is 12.7. The molecule has 2 aromatic carbocycles. The summed E-state index contributed by atoms with van der Waals surface area (Å²) >= 11 is 3.06. The van der Waals surface area contributed by atoms with Crippen molar-refractivity contribution in [2.24, 2.45) is 0 Å². The molecule has 170 valence electrons. The Balaban J connectivity index is 2.52. The number of hydrogen-bond acceptors (Lipinski definition) is 7. The van der Waals surface area contributed by atoms with Crippen molar-refractivity contribution in [1.82, 2.24) is 5.32 Å². The molecule has 2 rings (SSSR count). The molecular formula is C18H17BrF3NO7S. The monoisotopic (exact) mass is 527 g/mol. The zero-order valence-electron chi connectivity index (χ0n) is 15.9. The first-order valence-corrected chi connectivity index (χ1v) is 10.9. The Labute approximate surface area is 183 Å². The first kappa shape index (κ1) is 24.8. The highest BCUT2D eigenvalue weighted by atomic mass is 79.9. The van der Waals surface area contributed by atoms with Crippen molar-refractivity contribution in [3.63, 3.8) is 0 Å². The van der Waals surface area contributed by atoms with E-state index in [0.29, 0.717) is 16.6 Å². The first-order chi connectivity index (χ1) is 14.3. The number of aromatic hydroxyl groups is 2. The van der Waals surface area contributed by atoms with Gasteiger partial charge >= 0.3 is 6.36 Å². The maximum Gasteiger partial charge on any atom is 0.573 e. The van der Waals surface area contributed by atoms with Crippen molar-refractivity contribution < 1.29 is 46.1 Å². The number of carbonyl (C=O) groups excluding carboxylic acids is 1. The third-order valence-electron chi connectivity index (χ3n) is 3.83. The molecule has 0 bridgehead atoms. The minimum absolute atomic E-state index is 0.0152. The van der Waals surface area contributed by atoms with Crippen LogP contribution in [0, 0.1) is 0 Å². The van der Waals surface area contributed by atoms with Gasteiger partial charge in [-0.1, -0.05) is 15.9 Å².